The summed E-state index contributed by atoms with van der Waals surface area (Å²) in [6.45, 7) is 4.07. The third kappa shape index (κ3) is 2.99. The maximum atomic E-state index is 9.95. The predicted molar refractivity (Wildman–Crippen MR) is 77.9 cm³/mol. The molecule has 0 aromatic heterocycles. The van der Waals surface area contributed by atoms with Gasteiger partial charge in [0.1, 0.15) is 11.5 Å². The molecule has 3 nitrogen and oxygen atoms in total. The van der Waals surface area contributed by atoms with E-state index < -0.39 is 0 Å². The van der Waals surface area contributed by atoms with Crippen LogP contribution >= 0.6 is 0 Å². The Hall–Kier alpha value is -2.16. The van der Waals surface area contributed by atoms with Gasteiger partial charge >= 0.3 is 0 Å². The Kier molecular flexibility index (Phi) is 3.95. The van der Waals surface area contributed by atoms with Gasteiger partial charge in [0.2, 0.25) is 0 Å². The number of hydrogen-bond acceptors (Lipinski definition) is 3. The number of anilines is 1. The molecule has 0 fully saturated rings. The topological polar surface area (TPSA) is 41.5 Å². The van der Waals surface area contributed by atoms with Crippen LogP contribution in [0.25, 0.3) is 0 Å². The van der Waals surface area contributed by atoms with Gasteiger partial charge in [0.05, 0.1) is 13.2 Å². The zero-order valence-electron chi connectivity index (χ0n) is 11.5. The number of phenols is 1. The molecule has 0 aliphatic heterocycles. The molecule has 0 saturated heterocycles. The lowest BCUT2D eigenvalue weighted by Gasteiger charge is -2.19. The molecule has 19 heavy (non-hydrogen) atoms. The maximum absolute atomic E-state index is 9.95. The van der Waals surface area contributed by atoms with Crippen LogP contribution in [0, 0.1) is 6.92 Å². The number of rotatable bonds is 4. The molecule has 2 aromatic rings. The van der Waals surface area contributed by atoms with Gasteiger partial charge in [0.15, 0.2) is 0 Å². The number of methoxy groups -OCH3 is 1. The van der Waals surface area contributed by atoms with Crippen LogP contribution in [0.5, 0.6) is 11.5 Å². The summed E-state index contributed by atoms with van der Waals surface area (Å²) in [7, 11) is 1.62. The molecule has 2 aromatic carbocycles. The fraction of sp³-hybridized carbons (Fsp3) is 0.250. The number of aromatic hydroxyl groups is 1. The Morgan fingerprint density at radius 3 is 2.58 bits per heavy atom. The van der Waals surface area contributed by atoms with Gasteiger partial charge in [-0.2, -0.15) is 0 Å². The van der Waals surface area contributed by atoms with E-state index >= 15 is 0 Å². The van der Waals surface area contributed by atoms with Gasteiger partial charge in [-0.1, -0.05) is 18.2 Å². The van der Waals surface area contributed by atoms with E-state index in [1.807, 2.05) is 31.2 Å². The number of ether oxygens (including phenoxy) is 1. The molecule has 0 amide bonds. The van der Waals surface area contributed by atoms with E-state index in [0.717, 1.165) is 17.0 Å². The third-order valence-corrected chi connectivity index (χ3v) is 3.22. The lowest BCUT2D eigenvalue weighted by atomic mass is 10.1. The second kappa shape index (κ2) is 5.65. The van der Waals surface area contributed by atoms with Gasteiger partial charge in [-0.25, -0.2) is 0 Å². The Bertz CT molecular complexity index is 566. The smallest absolute Gasteiger partial charge is 0.121 e. The minimum absolute atomic E-state index is 0.00352. The van der Waals surface area contributed by atoms with Crippen LogP contribution in [0.4, 0.5) is 5.69 Å². The van der Waals surface area contributed by atoms with Crippen molar-refractivity contribution in [3.63, 3.8) is 0 Å². The van der Waals surface area contributed by atoms with Crippen LogP contribution in [0.1, 0.15) is 24.1 Å². The van der Waals surface area contributed by atoms with Crippen molar-refractivity contribution in [2.24, 2.45) is 0 Å². The zero-order chi connectivity index (χ0) is 13.8. The highest BCUT2D eigenvalue weighted by molar-refractivity contribution is 5.53. The first-order valence-electron chi connectivity index (χ1n) is 6.31. The first-order chi connectivity index (χ1) is 9.11. The Morgan fingerprint density at radius 2 is 1.89 bits per heavy atom. The number of para-hydroxylation sites is 1. The van der Waals surface area contributed by atoms with Crippen molar-refractivity contribution in [3.8, 4) is 11.5 Å². The normalized spacial score (nSPS) is 11.9. The molecule has 1 atom stereocenters. The van der Waals surface area contributed by atoms with Crippen molar-refractivity contribution >= 4 is 5.69 Å². The number of phenolic OH excluding ortho intramolecular Hbond substituents is 1. The molecule has 100 valence electrons. The SMILES string of the molecule is COc1ccc(O)c(C(C)Nc2ccccc2C)c1. The van der Waals surface area contributed by atoms with Crippen LogP contribution in [0.3, 0.4) is 0 Å². The monoisotopic (exact) mass is 257 g/mol. The van der Waals surface area contributed by atoms with E-state index in [2.05, 4.69) is 18.3 Å². The summed E-state index contributed by atoms with van der Waals surface area (Å²) in [5.74, 6) is 1.01. The number of benzene rings is 2. The van der Waals surface area contributed by atoms with Gasteiger partial charge in [0, 0.05) is 11.3 Å². The number of aryl methyl sites for hydroxylation is 1. The Balaban J connectivity index is 2.25. The summed E-state index contributed by atoms with van der Waals surface area (Å²) in [6, 6.07) is 13.3. The molecule has 0 spiro atoms. The molecule has 0 heterocycles. The first kappa shape index (κ1) is 13.3. The van der Waals surface area contributed by atoms with Crippen LogP contribution in [-0.2, 0) is 0 Å². The van der Waals surface area contributed by atoms with E-state index in [-0.39, 0.29) is 11.8 Å². The summed E-state index contributed by atoms with van der Waals surface area (Å²) in [6.07, 6.45) is 0. The molecule has 2 rings (SSSR count). The van der Waals surface area contributed by atoms with Gasteiger partial charge < -0.3 is 15.2 Å². The minimum Gasteiger partial charge on any atom is -0.508 e. The van der Waals surface area contributed by atoms with Crippen molar-refractivity contribution in [2.45, 2.75) is 19.9 Å². The fourth-order valence-electron chi connectivity index (χ4n) is 2.05. The molecular weight excluding hydrogens is 238 g/mol. The van der Waals surface area contributed by atoms with E-state index in [1.54, 1.807) is 19.2 Å². The summed E-state index contributed by atoms with van der Waals surface area (Å²) >= 11 is 0. The molecule has 0 aliphatic rings. The highest BCUT2D eigenvalue weighted by Crippen LogP contribution is 2.31. The van der Waals surface area contributed by atoms with Crippen LogP contribution < -0.4 is 10.1 Å². The molecule has 3 heteroatoms. The Morgan fingerprint density at radius 1 is 1.16 bits per heavy atom. The van der Waals surface area contributed by atoms with E-state index in [0.29, 0.717) is 0 Å². The molecule has 0 bridgehead atoms. The molecule has 0 radical (unpaired) electrons. The summed E-state index contributed by atoms with van der Waals surface area (Å²) in [5, 5.41) is 13.4. The van der Waals surface area contributed by atoms with E-state index in [1.165, 1.54) is 5.56 Å². The van der Waals surface area contributed by atoms with Crippen molar-refractivity contribution in [2.75, 3.05) is 12.4 Å². The minimum atomic E-state index is -0.00352. The van der Waals surface area contributed by atoms with Gasteiger partial charge in [-0.3, -0.25) is 0 Å². The standard InChI is InChI=1S/C16H19NO2/c1-11-6-4-5-7-15(11)17-12(2)14-10-13(19-3)8-9-16(14)18/h4-10,12,17-18H,1-3H3. The first-order valence-corrected chi connectivity index (χ1v) is 6.31. The van der Waals surface area contributed by atoms with Crippen LogP contribution in [-0.4, -0.2) is 12.2 Å². The number of nitrogens with one attached hydrogen (secondary N) is 1. The average molecular weight is 257 g/mol. The molecule has 2 N–H and O–H groups in total. The highest BCUT2D eigenvalue weighted by atomic mass is 16.5. The fourth-order valence-corrected chi connectivity index (χ4v) is 2.05. The number of hydrogen-bond donors (Lipinski definition) is 2. The van der Waals surface area contributed by atoms with Crippen LogP contribution in [0.15, 0.2) is 42.5 Å². The zero-order valence-corrected chi connectivity index (χ0v) is 11.5. The lowest BCUT2D eigenvalue weighted by molar-refractivity contribution is 0.410. The van der Waals surface area contributed by atoms with Gasteiger partial charge in [-0.05, 0) is 43.7 Å². The summed E-state index contributed by atoms with van der Waals surface area (Å²) < 4.78 is 5.20. The largest absolute Gasteiger partial charge is 0.508 e. The lowest BCUT2D eigenvalue weighted by Crippen LogP contribution is -2.08. The average Bonchev–Trinajstić information content (AvgIpc) is 2.42. The second-order valence-electron chi connectivity index (χ2n) is 4.61. The van der Waals surface area contributed by atoms with Crippen molar-refractivity contribution < 1.29 is 9.84 Å². The maximum Gasteiger partial charge on any atom is 0.121 e. The molecule has 0 saturated carbocycles. The second-order valence-corrected chi connectivity index (χ2v) is 4.61. The molecular formula is C16H19NO2. The van der Waals surface area contributed by atoms with Crippen LogP contribution in [0.2, 0.25) is 0 Å². The predicted octanol–water partition coefficient (Wildman–Crippen LogP) is 3.88. The van der Waals surface area contributed by atoms with Crippen molar-refractivity contribution in [1.82, 2.24) is 0 Å². The Labute approximate surface area is 113 Å². The highest BCUT2D eigenvalue weighted by Gasteiger charge is 2.12. The molecule has 0 aliphatic carbocycles. The summed E-state index contributed by atoms with van der Waals surface area (Å²) in [5.41, 5.74) is 3.07. The van der Waals surface area contributed by atoms with Crippen molar-refractivity contribution in [1.29, 1.82) is 0 Å². The van der Waals surface area contributed by atoms with E-state index in [9.17, 15) is 5.11 Å². The summed E-state index contributed by atoms with van der Waals surface area (Å²) in [4.78, 5) is 0. The van der Waals surface area contributed by atoms with Gasteiger partial charge in [-0.15, -0.1) is 0 Å². The van der Waals surface area contributed by atoms with Crippen molar-refractivity contribution in [3.05, 3.63) is 53.6 Å². The van der Waals surface area contributed by atoms with E-state index in [4.69, 9.17) is 4.74 Å². The quantitative estimate of drug-likeness (QED) is 0.873. The van der Waals surface area contributed by atoms with Gasteiger partial charge in [0.25, 0.3) is 0 Å². The third-order valence-electron chi connectivity index (χ3n) is 3.22. The molecule has 1 unspecified atom stereocenters.